The van der Waals surface area contributed by atoms with Crippen molar-refractivity contribution in [2.24, 2.45) is 11.8 Å². The molecule has 19 heavy (non-hydrogen) atoms. The van der Waals surface area contributed by atoms with Crippen LogP contribution in [-0.2, 0) is 4.74 Å². The van der Waals surface area contributed by atoms with E-state index in [1.807, 2.05) is 0 Å². The average molecular weight is 269 g/mol. The summed E-state index contributed by atoms with van der Waals surface area (Å²) in [5.41, 5.74) is -0.173. The number of rotatable bonds is 8. The molecule has 3 atom stereocenters. The third-order valence-corrected chi connectivity index (χ3v) is 5.06. The summed E-state index contributed by atoms with van der Waals surface area (Å²) in [6, 6.07) is 0. The monoisotopic (exact) mass is 269 g/mol. The van der Waals surface area contributed by atoms with Gasteiger partial charge < -0.3 is 15.2 Å². The Labute approximate surface area is 118 Å². The van der Waals surface area contributed by atoms with E-state index in [0.717, 1.165) is 12.5 Å². The maximum atomic E-state index is 9.80. The molecule has 0 radical (unpaired) electrons. The predicted molar refractivity (Wildman–Crippen MR) is 78.2 cm³/mol. The lowest BCUT2D eigenvalue weighted by Crippen LogP contribution is -2.55. The van der Waals surface area contributed by atoms with Crippen LogP contribution in [0.2, 0.25) is 0 Å². The Morgan fingerprint density at radius 3 is 2.58 bits per heavy atom. The van der Waals surface area contributed by atoms with E-state index in [1.54, 1.807) is 0 Å². The average Bonchev–Trinajstić information content (AvgIpc) is 3.29. The van der Waals surface area contributed by atoms with Gasteiger partial charge in [-0.3, -0.25) is 0 Å². The van der Waals surface area contributed by atoms with E-state index >= 15 is 0 Å². The number of ether oxygens (including phenoxy) is 1. The molecule has 0 aromatic heterocycles. The normalized spacial score (nSPS) is 31.1. The summed E-state index contributed by atoms with van der Waals surface area (Å²) < 4.78 is 6.20. The smallest absolute Gasteiger partial charge is 0.0679 e. The molecule has 0 amide bonds. The lowest BCUT2D eigenvalue weighted by Gasteiger charge is -2.36. The Bertz CT molecular complexity index is 267. The number of nitrogens with one attached hydrogen (secondary N) is 1. The number of hydrogen-bond acceptors (Lipinski definition) is 3. The molecule has 0 spiro atoms. The van der Waals surface area contributed by atoms with Crippen molar-refractivity contribution in [3.8, 4) is 0 Å². The second-order valence-corrected chi connectivity index (χ2v) is 6.49. The SMILES string of the molecule is CCNC(CO)(COC1CCCC(CC)C1)C1CC1. The number of aliphatic hydroxyl groups is 1. The van der Waals surface area contributed by atoms with Crippen LogP contribution in [0.5, 0.6) is 0 Å². The molecule has 2 rings (SSSR count). The molecule has 3 nitrogen and oxygen atoms in total. The number of likely N-dealkylation sites (N-methyl/N-ethyl adjacent to an activating group) is 1. The van der Waals surface area contributed by atoms with E-state index in [4.69, 9.17) is 4.74 Å². The second-order valence-electron chi connectivity index (χ2n) is 6.49. The van der Waals surface area contributed by atoms with Crippen molar-refractivity contribution < 1.29 is 9.84 Å². The topological polar surface area (TPSA) is 41.5 Å². The van der Waals surface area contributed by atoms with E-state index in [-0.39, 0.29) is 12.1 Å². The Morgan fingerprint density at radius 2 is 2.00 bits per heavy atom. The molecular formula is C16H31NO2. The molecule has 2 aliphatic rings. The standard InChI is InChI=1S/C16H31NO2/c1-3-13-6-5-7-15(10-13)19-12-16(11-18,17-4-2)14-8-9-14/h13-15,17-18H,3-12H2,1-2H3. The minimum Gasteiger partial charge on any atom is -0.394 e. The van der Waals surface area contributed by atoms with Crippen LogP contribution in [0.15, 0.2) is 0 Å². The Hall–Kier alpha value is -0.120. The van der Waals surface area contributed by atoms with Crippen LogP contribution in [0.4, 0.5) is 0 Å². The maximum absolute atomic E-state index is 9.80. The van der Waals surface area contributed by atoms with Crippen molar-refractivity contribution in [2.75, 3.05) is 19.8 Å². The lowest BCUT2D eigenvalue weighted by atomic mass is 9.85. The van der Waals surface area contributed by atoms with Gasteiger partial charge in [-0.1, -0.05) is 33.1 Å². The van der Waals surface area contributed by atoms with Crippen LogP contribution in [-0.4, -0.2) is 36.5 Å². The third-order valence-electron chi connectivity index (χ3n) is 5.06. The number of hydrogen-bond donors (Lipinski definition) is 2. The van der Waals surface area contributed by atoms with Gasteiger partial charge in [0.1, 0.15) is 0 Å². The summed E-state index contributed by atoms with van der Waals surface area (Å²) in [4.78, 5) is 0. The van der Waals surface area contributed by atoms with Crippen LogP contribution in [0.3, 0.4) is 0 Å². The van der Waals surface area contributed by atoms with Crippen LogP contribution in [0, 0.1) is 11.8 Å². The highest BCUT2D eigenvalue weighted by atomic mass is 16.5. The van der Waals surface area contributed by atoms with Gasteiger partial charge in [0.2, 0.25) is 0 Å². The van der Waals surface area contributed by atoms with Gasteiger partial charge in [-0.2, -0.15) is 0 Å². The molecular weight excluding hydrogens is 238 g/mol. The van der Waals surface area contributed by atoms with Crippen LogP contribution >= 0.6 is 0 Å². The molecule has 2 saturated carbocycles. The minimum atomic E-state index is -0.173. The first-order valence-electron chi connectivity index (χ1n) is 8.21. The summed E-state index contributed by atoms with van der Waals surface area (Å²) in [5, 5.41) is 13.3. The van der Waals surface area contributed by atoms with Gasteiger partial charge in [0.15, 0.2) is 0 Å². The predicted octanol–water partition coefficient (Wildman–Crippen LogP) is 2.72. The highest BCUT2D eigenvalue weighted by molar-refractivity contribution is 5.01. The summed E-state index contributed by atoms with van der Waals surface area (Å²) in [7, 11) is 0. The van der Waals surface area contributed by atoms with Crippen LogP contribution in [0.25, 0.3) is 0 Å². The van der Waals surface area contributed by atoms with Gasteiger partial charge in [0.25, 0.3) is 0 Å². The molecule has 0 aromatic carbocycles. The van der Waals surface area contributed by atoms with Crippen molar-refractivity contribution in [3.05, 3.63) is 0 Å². The summed E-state index contributed by atoms with van der Waals surface area (Å²) in [6.45, 7) is 6.19. The Morgan fingerprint density at radius 1 is 1.21 bits per heavy atom. The summed E-state index contributed by atoms with van der Waals surface area (Å²) >= 11 is 0. The summed E-state index contributed by atoms with van der Waals surface area (Å²) in [6.07, 6.45) is 9.27. The largest absolute Gasteiger partial charge is 0.394 e. The summed E-state index contributed by atoms with van der Waals surface area (Å²) in [5.74, 6) is 1.46. The van der Waals surface area contributed by atoms with E-state index in [0.29, 0.717) is 18.6 Å². The highest BCUT2D eigenvalue weighted by Gasteiger charge is 2.45. The molecule has 2 N–H and O–H groups in total. The van der Waals surface area contributed by atoms with Crippen molar-refractivity contribution in [1.82, 2.24) is 5.32 Å². The van der Waals surface area contributed by atoms with Gasteiger partial charge in [0.05, 0.1) is 24.9 Å². The van der Waals surface area contributed by atoms with Gasteiger partial charge in [-0.15, -0.1) is 0 Å². The quantitative estimate of drug-likeness (QED) is 0.712. The van der Waals surface area contributed by atoms with Crippen molar-refractivity contribution in [1.29, 1.82) is 0 Å². The molecule has 3 heteroatoms. The maximum Gasteiger partial charge on any atom is 0.0679 e. The van der Waals surface area contributed by atoms with Gasteiger partial charge in [-0.25, -0.2) is 0 Å². The van der Waals surface area contributed by atoms with Crippen LogP contribution in [0.1, 0.15) is 58.8 Å². The first-order chi connectivity index (χ1) is 9.24. The van der Waals surface area contributed by atoms with Gasteiger partial charge in [0, 0.05) is 0 Å². The molecule has 112 valence electrons. The first-order valence-corrected chi connectivity index (χ1v) is 8.21. The minimum absolute atomic E-state index is 0.173. The molecule has 0 aromatic rings. The molecule has 0 heterocycles. The molecule has 0 bridgehead atoms. The Balaban J connectivity index is 1.84. The lowest BCUT2D eigenvalue weighted by molar-refractivity contribution is -0.0396. The zero-order valence-corrected chi connectivity index (χ0v) is 12.7. The third kappa shape index (κ3) is 3.93. The van der Waals surface area contributed by atoms with Gasteiger partial charge in [-0.05, 0) is 44.1 Å². The molecule has 3 unspecified atom stereocenters. The number of aliphatic hydroxyl groups excluding tert-OH is 1. The zero-order valence-electron chi connectivity index (χ0n) is 12.7. The highest BCUT2D eigenvalue weighted by Crippen LogP contribution is 2.40. The second kappa shape index (κ2) is 7.05. The Kier molecular flexibility index (Phi) is 5.67. The molecule has 0 saturated heterocycles. The van der Waals surface area contributed by atoms with Crippen molar-refractivity contribution in [3.63, 3.8) is 0 Å². The first kappa shape index (κ1) is 15.3. The fraction of sp³-hybridized carbons (Fsp3) is 1.00. The van der Waals surface area contributed by atoms with E-state index in [1.165, 1.54) is 44.9 Å². The van der Waals surface area contributed by atoms with E-state index in [2.05, 4.69) is 19.2 Å². The fourth-order valence-corrected chi connectivity index (χ4v) is 3.56. The van der Waals surface area contributed by atoms with Gasteiger partial charge >= 0.3 is 0 Å². The van der Waals surface area contributed by atoms with E-state index < -0.39 is 0 Å². The molecule has 2 fully saturated rings. The molecule has 2 aliphatic carbocycles. The van der Waals surface area contributed by atoms with Crippen molar-refractivity contribution in [2.45, 2.75) is 70.4 Å². The van der Waals surface area contributed by atoms with Crippen LogP contribution < -0.4 is 5.32 Å². The fourth-order valence-electron chi connectivity index (χ4n) is 3.56. The van der Waals surface area contributed by atoms with E-state index in [9.17, 15) is 5.11 Å². The zero-order chi connectivity index (χ0) is 13.7. The molecule has 0 aliphatic heterocycles. The van der Waals surface area contributed by atoms with Crippen molar-refractivity contribution >= 4 is 0 Å².